The highest BCUT2D eigenvalue weighted by Crippen LogP contribution is 2.38. The van der Waals surface area contributed by atoms with E-state index in [2.05, 4.69) is 15.5 Å². The number of aromatic nitrogens is 1. The van der Waals surface area contributed by atoms with Gasteiger partial charge in [-0.15, -0.1) is 11.3 Å². The first-order chi connectivity index (χ1) is 16.6. The van der Waals surface area contributed by atoms with E-state index in [1.54, 1.807) is 12.3 Å². The number of rotatable bonds is 7. The summed E-state index contributed by atoms with van der Waals surface area (Å²) in [5.74, 6) is -0.646. The van der Waals surface area contributed by atoms with Crippen LogP contribution in [0.1, 0.15) is 22.4 Å². The van der Waals surface area contributed by atoms with Crippen molar-refractivity contribution in [1.82, 2.24) is 4.98 Å². The molecule has 192 valence electrons. The zero-order chi connectivity index (χ0) is 26.9. The van der Waals surface area contributed by atoms with Crippen LogP contribution in [0.15, 0.2) is 51.8 Å². The molecule has 0 aliphatic rings. The Morgan fingerprint density at radius 1 is 1.08 bits per heavy atom. The van der Waals surface area contributed by atoms with E-state index in [0.717, 1.165) is 35.8 Å². The molecule has 0 bridgehead atoms. The highest BCUT2D eigenvalue weighted by molar-refractivity contribution is 7.87. The lowest BCUT2D eigenvalue weighted by Gasteiger charge is -2.15. The largest absolute Gasteiger partial charge is 0.416 e. The number of non-ortho nitro benzene ring substituents is 1. The fraction of sp³-hybridized carbons (Fsp3) is 0.158. The van der Waals surface area contributed by atoms with Gasteiger partial charge in [0.2, 0.25) is 5.13 Å². The molecule has 0 spiro atoms. The van der Waals surface area contributed by atoms with Crippen LogP contribution in [-0.4, -0.2) is 24.5 Å². The molecule has 0 aliphatic heterocycles. The highest BCUT2D eigenvalue weighted by Gasteiger charge is 2.38. The predicted molar refractivity (Wildman–Crippen MR) is 115 cm³/mol. The molecule has 0 amide bonds. The maximum atomic E-state index is 13.1. The van der Waals surface area contributed by atoms with Crippen molar-refractivity contribution >= 4 is 38.5 Å². The van der Waals surface area contributed by atoms with Crippen LogP contribution in [0, 0.1) is 17.0 Å². The van der Waals surface area contributed by atoms with Crippen LogP contribution in [0.25, 0.3) is 0 Å². The third-order valence-electron chi connectivity index (χ3n) is 4.24. The van der Waals surface area contributed by atoms with Gasteiger partial charge >= 0.3 is 22.5 Å². The molecule has 0 atom stereocenters. The summed E-state index contributed by atoms with van der Waals surface area (Å²) in [5.41, 5.74) is -1.44. The topological polar surface area (TPSA) is 124 Å². The summed E-state index contributed by atoms with van der Waals surface area (Å²) in [6, 6.07) is 2.20. The lowest BCUT2D eigenvalue weighted by atomic mass is 10.1. The standard InChI is InChI=1S/C19H12F6N4O5S2/c1-10-9-35-17(27-10)28-26-8-11-4-14(29(30)31)2-3-16(11)34-36(32,33)15-6-12(18(20,21)22)5-13(7-15)19(23,24)25/h2-9H,1H3,(H,27,28). The summed E-state index contributed by atoms with van der Waals surface area (Å²) in [7, 11) is -5.27. The zero-order valence-electron chi connectivity index (χ0n) is 17.6. The first kappa shape index (κ1) is 26.9. The molecular weight excluding hydrogens is 542 g/mol. The summed E-state index contributed by atoms with van der Waals surface area (Å²) in [6.45, 7) is 1.70. The van der Waals surface area contributed by atoms with E-state index in [1.165, 1.54) is 0 Å². The molecule has 0 saturated heterocycles. The number of thiazole rings is 1. The van der Waals surface area contributed by atoms with E-state index in [-0.39, 0.29) is 23.8 Å². The first-order valence-electron chi connectivity index (χ1n) is 9.30. The van der Waals surface area contributed by atoms with Crippen LogP contribution in [0.3, 0.4) is 0 Å². The average molecular weight is 554 g/mol. The third-order valence-corrected chi connectivity index (χ3v) is 6.31. The molecule has 1 aromatic heterocycles. The number of aryl methyl sites for hydroxylation is 1. The predicted octanol–water partition coefficient (Wildman–Crippen LogP) is 5.61. The fourth-order valence-electron chi connectivity index (χ4n) is 2.63. The number of nitro benzene ring substituents is 1. The number of hydrogen-bond acceptors (Lipinski definition) is 9. The van der Waals surface area contributed by atoms with Crippen molar-refractivity contribution in [2.75, 3.05) is 5.43 Å². The van der Waals surface area contributed by atoms with E-state index < -0.39 is 54.9 Å². The molecule has 3 aromatic rings. The Kier molecular flexibility index (Phi) is 7.26. The minimum atomic E-state index is -5.30. The summed E-state index contributed by atoms with van der Waals surface area (Å²) < 4.78 is 109. The van der Waals surface area contributed by atoms with Crippen LogP contribution in [0.2, 0.25) is 0 Å². The molecule has 0 radical (unpaired) electrons. The Labute approximate surface area is 202 Å². The minimum Gasteiger partial charge on any atom is -0.378 e. The molecular formula is C19H12F6N4O5S2. The molecule has 1 heterocycles. The van der Waals surface area contributed by atoms with Gasteiger partial charge in [-0.1, -0.05) is 0 Å². The summed E-state index contributed by atoms with van der Waals surface area (Å²) in [6.07, 6.45) is -9.69. The number of anilines is 1. The number of hydrazone groups is 1. The molecule has 3 rings (SSSR count). The molecule has 0 aliphatic carbocycles. The Bertz CT molecular complexity index is 1400. The van der Waals surface area contributed by atoms with Crippen LogP contribution in [0.4, 0.5) is 37.2 Å². The van der Waals surface area contributed by atoms with Crippen molar-refractivity contribution in [1.29, 1.82) is 0 Å². The SMILES string of the molecule is Cc1csc(NN=Cc2cc([N+](=O)[O-])ccc2OS(=O)(=O)c2cc(C(F)(F)F)cc(C(F)(F)F)c2)n1. The highest BCUT2D eigenvalue weighted by atomic mass is 32.2. The molecule has 2 aromatic carbocycles. The van der Waals surface area contributed by atoms with Crippen molar-refractivity contribution in [3.8, 4) is 5.75 Å². The van der Waals surface area contributed by atoms with Gasteiger partial charge in [-0.3, -0.25) is 15.5 Å². The molecule has 0 unspecified atom stereocenters. The summed E-state index contributed by atoms with van der Waals surface area (Å²) in [4.78, 5) is 12.9. The number of alkyl halides is 6. The van der Waals surface area contributed by atoms with Gasteiger partial charge < -0.3 is 4.18 Å². The lowest BCUT2D eigenvalue weighted by Crippen LogP contribution is -2.16. The number of halogens is 6. The lowest BCUT2D eigenvalue weighted by molar-refractivity contribution is -0.384. The monoisotopic (exact) mass is 554 g/mol. The van der Waals surface area contributed by atoms with E-state index >= 15 is 0 Å². The normalized spacial score (nSPS) is 12.6. The number of nitrogens with zero attached hydrogens (tertiary/aromatic N) is 3. The number of nitrogens with one attached hydrogen (secondary N) is 1. The maximum absolute atomic E-state index is 13.1. The zero-order valence-corrected chi connectivity index (χ0v) is 19.2. The van der Waals surface area contributed by atoms with Gasteiger partial charge in [0.25, 0.3) is 5.69 Å². The second-order valence-corrected chi connectivity index (χ2v) is 9.33. The Morgan fingerprint density at radius 3 is 2.19 bits per heavy atom. The van der Waals surface area contributed by atoms with E-state index in [1.807, 2.05) is 0 Å². The molecule has 9 nitrogen and oxygen atoms in total. The molecule has 0 saturated carbocycles. The van der Waals surface area contributed by atoms with Crippen molar-refractivity contribution in [3.05, 3.63) is 74.3 Å². The van der Waals surface area contributed by atoms with E-state index in [9.17, 15) is 44.9 Å². The van der Waals surface area contributed by atoms with Gasteiger partial charge in [-0.05, 0) is 31.2 Å². The Morgan fingerprint density at radius 2 is 1.69 bits per heavy atom. The number of hydrogen-bond donors (Lipinski definition) is 1. The maximum Gasteiger partial charge on any atom is 0.416 e. The van der Waals surface area contributed by atoms with Gasteiger partial charge in [0, 0.05) is 23.1 Å². The molecule has 36 heavy (non-hydrogen) atoms. The van der Waals surface area contributed by atoms with Gasteiger partial charge in [0.05, 0.1) is 28.0 Å². The second kappa shape index (κ2) is 9.73. The van der Waals surface area contributed by atoms with Crippen molar-refractivity contribution in [2.45, 2.75) is 24.2 Å². The Hall–Kier alpha value is -3.73. The van der Waals surface area contributed by atoms with E-state index in [0.29, 0.717) is 10.8 Å². The van der Waals surface area contributed by atoms with Crippen LogP contribution in [-0.2, 0) is 22.5 Å². The van der Waals surface area contributed by atoms with Crippen LogP contribution < -0.4 is 9.61 Å². The number of benzene rings is 2. The summed E-state index contributed by atoms with van der Waals surface area (Å²) in [5, 5.41) is 16.8. The van der Waals surface area contributed by atoms with E-state index in [4.69, 9.17) is 4.18 Å². The van der Waals surface area contributed by atoms with Crippen molar-refractivity contribution in [3.63, 3.8) is 0 Å². The first-order valence-corrected chi connectivity index (χ1v) is 11.6. The van der Waals surface area contributed by atoms with Gasteiger partial charge in [-0.2, -0.15) is 39.9 Å². The summed E-state index contributed by atoms with van der Waals surface area (Å²) >= 11 is 1.16. The fourth-order valence-corrected chi connectivity index (χ4v) is 4.29. The van der Waals surface area contributed by atoms with Gasteiger partial charge in [0.1, 0.15) is 4.90 Å². The van der Waals surface area contributed by atoms with Crippen LogP contribution in [0.5, 0.6) is 5.75 Å². The van der Waals surface area contributed by atoms with Crippen LogP contribution >= 0.6 is 11.3 Å². The Balaban J connectivity index is 2.03. The van der Waals surface area contributed by atoms with Crippen molar-refractivity contribution < 1.29 is 43.9 Å². The van der Waals surface area contributed by atoms with Gasteiger partial charge in [0.15, 0.2) is 5.75 Å². The second-order valence-electron chi connectivity index (χ2n) is 6.92. The van der Waals surface area contributed by atoms with Crippen molar-refractivity contribution in [2.24, 2.45) is 5.10 Å². The molecule has 1 N–H and O–H groups in total. The number of nitro groups is 1. The molecule has 0 fully saturated rings. The quantitative estimate of drug-likeness (QED) is 0.132. The average Bonchev–Trinajstić information content (AvgIpc) is 3.18. The third kappa shape index (κ3) is 6.48. The molecule has 17 heteroatoms. The minimum absolute atomic E-state index is 0.0178. The smallest absolute Gasteiger partial charge is 0.378 e. The van der Waals surface area contributed by atoms with Gasteiger partial charge in [-0.25, -0.2) is 4.98 Å².